The van der Waals surface area contributed by atoms with Crippen LogP contribution in [0, 0.1) is 32.9 Å². The summed E-state index contributed by atoms with van der Waals surface area (Å²) < 4.78 is 6.13. The van der Waals surface area contributed by atoms with Crippen LogP contribution in [0.25, 0.3) is 77.6 Å². The van der Waals surface area contributed by atoms with Crippen LogP contribution in [0.15, 0.2) is 144 Å². The van der Waals surface area contributed by atoms with Crippen molar-refractivity contribution in [3.63, 3.8) is 0 Å². The van der Waals surface area contributed by atoms with Gasteiger partial charge in [0.25, 0.3) is 0 Å². The van der Waals surface area contributed by atoms with E-state index in [-0.39, 0.29) is 20.1 Å². The van der Waals surface area contributed by atoms with E-state index in [2.05, 4.69) is 106 Å². The van der Waals surface area contributed by atoms with E-state index in [0.717, 1.165) is 66.5 Å². The third-order valence-electron chi connectivity index (χ3n) is 8.86. The third-order valence-corrected chi connectivity index (χ3v) is 8.86. The number of rotatable bonds is 4. The first-order valence-electron chi connectivity index (χ1n) is 16.5. The Hall–Kier alpha value is -5.81. The van der Waals surface area contributed by atoms with Gasteiger partial charge >= 0.3 is 0 Å². The molecule has 0 spiro atoms. The Morgan fingerprint density at radius 1 is 0.627 bits per heavy atom. The number of pyridine rings is 4. The summed E-state index contributed by atoms with van der Waals surface area (Å²) in [5.41, 5.74) is 13.1. The molecule has 0 bridgehead atoms. The fourth-order valence-corrected chi connectivity index (χ4v) is 6.18. The molecule has 0 aliphatic rings. The maximum atomic E-state index is 6.13. The van der Waals surface area contributed by atoms with Crippen LogP contribution >= 0.6 is 0 Å². The second-order valence-electron chi connectivity index (χ2n) is 12.4. The van der Waals surface area contributed by atoms with Crippen LogP contribution in [-0.4, -0.2) is 19.9 Å². The number of nitrogens with zero attached hydrogens (tertiary/aromatic N) is 4. The van der Waals surface area contributed by atoms with Crippen LogP contribution in [0.3, 0.4) is 0 Å². The minimum atomic E-state index is 0. The van der Waals surface area contributed by atoms with Gasteiger partial charge in [0.2, 0.25) is 5.71 Å². The summed E-state index contributed by atoms with van der Waals surface area (Å²) >= 11 is 0. The SMILES string of the molecule is Cc1ccc(-c2[c-]cc(C)c(-c3ccccc3)c2)nc1.Cc1ccc2c(n1)oc1c(-c3cc(-c4ccc5cnccc5c4)ccn3)[c-]ccc12.[Ir]. The Labute approximate surface area is 310 Å². The van der Waals surface area contributed by atoms with Crippen molar-refractivity contribution in [1.29, 1.82) is 0 Å². The molecule has 0 N–H and O–H groups in total. The minimum absolute atomic E-state index is 0. The van der Waals surface area contributed by atoms with Gasteiger partial charge in [-0.3, -0.25) is 4.98 Å². The van der Waals surface area contributed by atoms with E-state index in [1.807, 2.05) is 87.2 Å². The molecule has 51 heavy (non-hydrogen) atoms. The zero-order valence-electron chi connectivity index (χ0n) is 28.3. The van der Waals surface area contributed by atoms with Crippen LogP contribution in [0.5, 0.6) is 0 Å². The molecule has 9 aromatic rings. The quantitative estimate of drug-likeness (QED) is 0.165. The average molecular weight is 837 g/mol. The van der Waals surface area contributed by atoms with Crippen molar-refractivity contribution in [2.75, 3.05) is 0 Å². The van der Waals surface area contributed by atoms with E-state index < -0.39 is 0 Å². The monoisotopic (exact) mass is 837 g/mol. The van der Waals surface area contributed by atoms with Gasteiger partial charge in [-0.25, -0.2) is 4.98 Å². The normalized spacial score (nSPS) is 10.9. The van der Waals surface area contributed by atoms with Gasteiger partial charge in [0.05, 0.1) is 5.58 Å². The van der Waals surface area contributed by atoms with Crippen molar-refractivity contribution in [2.24, 2.45) is 0 Å². The molecule has 0 unspecified atom stereocenters. The Balaban J connectivity index is 0.000000169. The first kappa shape index (κ1) is 33.7. The Morgan fingerprint density at radius 3 is 2.33 bits per heavy atom. The van der Waals surface area contributed by atoms with Gasteiger partial charge < -0.3 is 14.4 Å². The number of benzene rings is 4. The Morgan fingerprint density at radius 2 is 1.49 bits per heavy atom. The topological polar surface area (TPSA) is 64.7 Å². The third kappa shape index (κ3) is 6.98. The molecule has 0 aliphatic carbocycles. The van der Waals surface area contributed by atoms with Crippen molar-refractivity contribution in [3.8, 4) is 44.8 Å². The van der Waals surface area contributed by atoms with Crippen molar-refractivity contribution in [2.45, 2.75) is 20.8 Å². The predicted molar refractivity (Wildman–Crippen MR) is 202 cm³/mol. The molecule has 5 aromatic heterocycles. The fourth-order valence-electron chi connectivity index (χ4n) is 6.18. The van der Waals surface area contributed by atoms with E-state index in [9.17, 15) is 0 Å². The van der Waals surface area contributed by atoms with Crippen molar-refractivity contribution < 1.29 is 24.5 Å². The maximum Gasteiger partial charge on any atom is 0.216 e. The number of hydrogen-bond acceptors (Lipinski definition) is 5. The van der Waals surface area contributed by atoms with Crippen LogP contribution in [0.4, 0.5) is 0 Å². The molecule has 0 atom stereocenters. The molecule has 9 rings (SSSR count). The molecule has 5 nitrogen and oxygen atoms in total. The zero-order valence-corrected chi connectivity index (χ0v) is 30.7. The molecular formula is C45H32IrN4O-2. The average Bonchev–Trinajstić information content (AvgIpc) is 3.54. The van der Waals surface area contributed by atoms with E-state index in [4.69, 9.17) is 4.42 Å². The predicted octanol–water partition coefficient (Wildman–Crippen LogP) is 11.2. The van der Waals surface area contributed by atoms with Crippen molar-refractivity contribution in [3.05, 3.63) is 169 Å². The molecule has 0 aliphatic heterocycles. The summed E-state index contributed by atoms with van der Waals surface area (Å²) in [6.45, 7) is 6.13. The maximum absolute atomic E-state index is 6.13. The zero-order chi connectivity index (χ0) is 34.0. The first-order valence-corrected chi connectivity index (χ1v) is 16.5. The number of hydrogen-bond donors (Lipinski definition) is 0. The van der Waals surface area contributed by atoms with Gasteiger partial charge in [-0.2, -0.15) is 0 Å². The van der Waals surface area contributed by atoms with Gasteiger partial charge in [0.15, 0.2) is 0 Å². The molecular weight excluding hydrogens is 805 g/mol. The molecule has 4 aromatic carbocycles. The molecule has 0 fully saturated rings. The largest absolute Gasteiger partial charge is 0.486 e. The van der Waals surface area contributed by atoms with Crippen molar-refractivity contribution in [1.82, 2.24) is 19.9 Å². The van der Waals surface area contributed by atoms with Crippen LogP contribution < -0.4 is 0 Å². The van der Waals surface area contributed by atoms with E-state index in [0.29, 0.717) is 5.71 Å². The fraction of sp³-hybridized carbons (Fsp3) is 0.0667. The summed E-state index contributed by atoms with van der Waals surface area (Å²) in [7, 11) is 0. The number of aryl methyl sites for hydroxylation is 3. The second kappa shape index (κ2) is 14.6. The smallest absolute Gasteiger partial charge is 0.216 e. The molecule has 5 heterocycles. The molecule has 0 amide bonds. The number of furan rings is 1. The summed E-state index contributed by atoms with van der Waals surface area (Å²) in [5, 5.41) is 4.31. The molecule has 6 heteroatoms. The van der Waals surface area contributed by atoms with Crippen molar-refractivity contribution >= 4 is 32.8 Å². The Bertz CT molecular complexity index is 2630. The minimum Gasteiger partial charge on any atom is -0.486 e. The second-order valence-corrected chi connectivity index (χ2v) is 12.4. The summed E-state index contributed by atoms with van der Waals surface area (Å²) in [4.78, 5) is 17.8. The molecule has 1 radical (unpaired) electrons. The Kier molecular flexibility index (Phi) is 9.63. The van der Waals surface area contributed by atoms with Gasteiger partial charge in [0.1, 0.15) is 0 Å². The van der Waals surface area contributed by atoms with Crippen LogP contribution in [0.1, 0.15) is 16.8 Å². The van der Waals surface area contributed by atoms with E-state index in [1.54, 1.807) is 0 Å². The van der Waals surface area contributed by atoms with Gasteiger partial charge in [-0.05, 0) is 83.2 Å². The summed E-state index contributed by atoms with van der Waals surface area (Å²) in [5.74, 6) is 0. The standard InChI is InChI=1S/C26H16N3O.C19H16N.Ir/c1-16-5-8-22-21-3-2-4-23(25(21)30-26(22)29-16)24-14-19(10-12-28-24)17-6-7-20-15-27-11-9-18(20)13-17;1-14-8-11-19(20-13-14)17-10-9-15(2)18(12-17)16-6-4-3-5-7-16;/h2-3,5-15H,1H3;3-9,11-13H,1-2H3;/q2*-1;. The number of fused-ring (bicyclic) bond motifs is 4. The summed E-state index contributed by atoms with van der Waals surface area (Å²) in [6.07, 6.45) is 7.42. The van der Waals surface area contributed by atoms with Crippen LogP contribution in [0.2, 0.25) is 0 Å². The number of aromatic nitrogens is 4. The molecule has 249 valence electrons. The van der Waals surface area contributed by atoms with Gasteiger partial charge in [-0.1, -0.05) is 84.1 Å². The van der Waals surface area contributed by atoms with Crippen LogP contribution in [-0.2, 0) is 20.1 Å². The first-order chi connectivity index (χ1) is 24.5. The van der Waals surface area contributed by atoms with E-state index in [1.165, 1.54) is 22.3 Å². The molecule has 0 saturated heterocycles. The van der Waals surface area contributed by atoms with Gasteiger partial charge in [0, 0.05) is 61.4 Å². The molecule has 0 saturated carbocycles. The summed E-state index contributed by atoms with van der Waals surface area (Å²) in [6, 6.07) is 45.9. The van der Waals surface area contributed by atoms with E-state index >= 15 is 0 Å². The van der Waals surface area contributed by atoms with Gasteiger partial charge in [-0.15, -0.1) is 47.5 Å².